The molecule has 1 aromatic heterocycles. The van der Waals surface area contributed by atoms with Crippen LogP contribution in [0.25, 0.3) is 11.0 Å². The Labute approximate surface area is 134 Å². The highest BCUT2D eigenvalue weighted by Gasteiger charge is 2.21. The van der Waals surface area contributed by atoms with Gasteiger partial charge in [-0.15, -0.1) is 0 Å². The van der Waals surface area contributed by atoms with Crippen LogP contribution in [0.1, 0.15) is 32.6 Å². The lowest BCUT2D eigenvalue weighted by atomic mass is 9.93. The number of aryl methyl sites for hydroxylation is 1. The van der Waals surface area contributed by atoms with Gasteiger partial charge in [0.25, 0.3) is 0 Å². The fraction of sp³-hybridized carbons (Fsp3) is 0.529. The van der Waals surface area contributed by atoms with Crippen LogP contribution >= 0.6 is 0 Å². The number of imidazole rings is 1. The summed E-state index contributed by atoms with van der Waals surface area (Å²) in [6.07, 6.45) is 2.78. The Morgan fingerprint density at radius 1 is 1.17 bits per heavy atom. The molecule has 0 spiro atoms. The molecule has 0 radical (unpaired) electrons. The topological polar surface area (TPSA) is 76.3 Å². The SMILES string of the molecule is CCn1c(=O)n(CC(=O)NC2CCC(O)CC2)c2ccccc21. The van der Waals surface area contributed by atoms with Crippen LogP contribution in [0, 0.1) is 0 Å². The van der Waals surface area contributed by atoms with Crippen LogP contribution in [0.4, 0.5) is 0 Å². The number of rotatable bonds is 4. The maximum atomic E-state index is 12.5. The van der Waals surface area contributed by atoms with Crippen LogP contribution in [0.5, 0.6) is 0 Å². The van der Waals surface area contributed by atoms with E-state index in [1.54, 1.807) is 4.57 Å². The lowest BCUT2D eigenvalue weighted by molar-refractivity contribution is -0.122. The molecule has 1 aromatic carbocycles. The summed E-state index contributed by atoms with van der Waals surface area (Å²) in [6.45, 7) is 2.53. The van der Waals surface area contributed by atoms with Crippen LogP contribution in [0.3, 0.4) is 0 Å². The number of fused-ring (bicyclic) bond motifs is 1. The van der Waals surface area contributed by atoms with Crippen molar-refractivity contribution in [2.24, 2.45) is 0 Å². The minimum Gasteiger partial charge on any atom is -0.393 e. The molecule has 1 aliphatic rings. The van der Waals surface area contributed by atoms with Crippen molar-refractivity contribution < 1.29 is 9.90 Å². The number of hydrogen-bond acceptors (Lipinski definition) is 3. The molecule has 6 heteroatoms. The standard InChI is InChI=1S/C17H23N3O3/c1-2-19-14-5-3-4-6-15(14)20(17(19)23)11-16(22)18-12-7-9-13(21)10-8-12/h3-6,12-13,21H,2,7-11H2,1H3,(H,18,22). The number of carbonyl (C=O) groups excluding carboxylic acids is 1. The third-order valence-electron chi connectivity index (χ3n) is 4.60. The number of carbonyl (C=O) groups is 1. The smallest absolute Gasteiger partial charge is 0.329 e. The van der Waals surface area contributed by atoms with Gasteiger partial charge < -0.3 is 10.4 Å². The van der Waals surface area contributed by atoms with Crippen LogP contribution in [0.2, 0.25) is 0 Å². The van der Waals surface area contributed by atoms with E-state index in [2.05, 4.69) is 5.32 Å². The number of aromatic nitrogens is 2. The molecule has 1 fully saturated rings. The second-order valence-corrected chi connectivity index (χ2v) is 6.17. The summed E-state index contributed by atoms with van der Waals surface area (Å²) in [4.78, 5) is 24.8. The van der Waals surface area contributed by atoms with E-state index in [4.69, 9.17) is 0 Å². The van der Waals surface area contributed by atoms with Gasteiger partial charge in [-0.2, -0.15) is 0 Å². The van der Waals surface area contributed by atoms with Gasteiger partial charge in [-0.1, -0.05) is 12.1 Å². The first-order valence-corrected chi connectivity index (χ1v) is 8.25. The van der Waals surface area contributed by atoms with E-state index in [0.29, 0.717) is 6.54 Å². The predicted molar refractivity (Wildman–Crippen MR) is 88.3 cm³/mol. The van der Waals surface area contributed by atoms with Gasteiger partial charge >= 0.3 is 5.69 Å². The van der Waals surface area contributed by atoms with Gasteiger partial charge in [0.15, 0.2) is 0 Å². The molecule has 124 valence electrons. The van der Waals surface area contributed by atoms with Crippen molar-refractivity contribution in [2.45, 2.75) is 57.8 Å². The second-order valence-electron chi connectivity index (χ2n) is 6.17. The normalized spacial score (nSPS) is 21.5. The van der Waals surface area contributed by atoms with Gasteiger partial charge in [0.1, 0.15) is 6.54 Å². The number of nitrogens with one attached hydrogen (secondary N) is 1. The zero-order valence-corrected chi connectivity index (χ0v) is 13.4. The van der Waals surface area contributed by atoms with Gasteiger partial charge in [0, 0.05) is 12.6 Å². The van der Waals surface area contributed by atoms with E-state index >= 15 is 0 Å². The van der Waals surface area contributed by atoms with Gasteiger partial charge in [0.2, 0.25) is 5.91 Å². The molecule has 2 aromatic rings. The third kappa shape index (κ3) is 3.17. The molecule has 1 aliphatic carbocycles. The summed E-state index contributed by atoms with van der Waals surface area (Å²) in [7, 11) is 0. The summed E-state index contributed by atoms with van der Waals surface area (Å²) >= 11 is 0. The predicted octanol–water partition coefficient (Wildman–Crippen LogP) is 1.24. The summed E-state index contributed by atoms with van der Waals surface area (Å²) in [5.41, 5.74) is 1.49. The highest BCUT2D eigenvalue weighted by atomic mass is 16.3. The second kappa shape index (κ2) is 6.58. The van der Waals surface area contributed by atoms with Crippen molar-refractivity contribution in [3.8, 4) is 0 Å². The average Bonchev–Trinajstić information content (AvgIpc) is 2.81. The number of nitrogens with zero attached hydrogens (tertiary/aromatic N) is 2. The Morgan fingerprint density at radius 3 is 2.39 bits per heavy atom. The van der Waals surface area contributed by atoms with E-state index < -0.39 is 0 Å². The number of hydrogen-bond donors (Lipinski definition) is 2. The molecule has 0 aliphatic heterocycles. The molecule has 0 atom stereocenters. The van der Waals surface area contributed by atoms with Crippen LogP contribution in [0.15, 0.2) is 29.1 Å². The fourth-order valence-electron chi connectivity index (χ4n) is 3.37. The monoisotopic (exact) mass is 317 g/mol. The minimum atomic E-state index is -0.242. The molecule has 6 nitrogen and oxygen atoms in total. The van der Waals surface area contributed by atoms with E-state index in [1.165, 1.54) is 4.57 Å². The molecule has 3 rings (SSSR count). The highest BCUT2D eigenvalue weighted by molar-refractivity contribution is 5.81. The maximum absolute atomic E-state index is 12.5. The van der Waals surface area contributed by atoms with E-state index in [1.807, 2.05) is 31.2 Å². The highest BCUT2D eigenvalue weighted by Crippen LogP contribution is 2.18. The Hall–Kier alpha value is -2.08. The molecule has 2 N–H and O–H groups in total. The van der Waals surface area contributed by atoms with Gasteiger partial charge in [-0.05, 0) is 44.7 Å². The third-order valence-corrected chi connectivity index (χ3v) is 4.60. The number of aliphatic hydroxyl groups excluding tert-OH is 1. The molecule has 1 saturated carbocycles. The first kappa shape index (κ1) is 15.8. The average molecular weight is 317 g/mol. The molecular formula is C17H23N3O3. The Bertz CT molecular complexity index is 754. The van der Waals surface area contributed by atoms with E-state index in [9.17, 15) is 14.7 Å². The quantitative estimate of drug-likeness (QED) is 0.891. The largest absolute Gasteiger partial charge is 0.393 e. The Morgan fingerprint density at radius 2 is 1.78 bits per heavy atom. The number of aliphatic hydroxyl groups is 1. The number of benzene rings is 1. The van der Waals surface area contributed by atoms with E-state index in [-0.39, 0.29) is 30.3 Å². The molecule has 23 heavy (non-hydrogen) atoms. The zero-order valence-electron chi connectivity index (χ0n) is 13.4. The maximum Gasteiger partial charge on any atom is 0.329 e. The lowest BCUT2D eigenvalue weighted by Gasteiger charge is -2.26. The summed E-state index contributed by atoms with van der Waals surface area (Å²) in [5, 5.41) is 12.5. The van der Waals surface area contributed by atoms with Gasteiger partial charge in [-0.25, -0.2) is 4.79 Å². The minimum absolute atomic E-state index is 0.0331. The summed E-state index contributed by atoms with van der Waals surface area (Å²) in [5.74, 6) is -0.146. The molecule has 0 saturated heterocycles. The molecule has 0 bridgehead atoms. The van der Waals surface area contributed by atoms with Crippen molar-refractivity contribution >= 4 is 16.9 Å². The zero-order chi connectivity index (χ0) is 16.4. The molecule has 1 heterocycles. The van der Waals surface area contributed by atoms with E-state index in [0.717, 1.165) is 36.7 Å². The van der Waals surface area contributed by atoms with Crippen molar-refractivity contribution in [3.63, 3.8) is 0 Å². The van der Waals surface area contributed by atoms with Crippen molar-refractivity contribution in [2.75, 3.05) is 0 Å². The number of para-hydroxylation sites is 2. The Balaban J connectivity index is 1.77. The molecular weight excluding hydrogens is 294 g/mol. The van der Waals surface area contributed by atoms with Crippen LogP contribution < -0.4 is 11.0 Å². The van der Waals surface area contributed by atoms with Crippen molar-refractivity contribution in [1.82, 2.24) is 14.5 Å². The van der Waals surface area contributed by atoms with Crippen LogP contribution in [-0.4, -0.2) is 32.3 Å². The van der Waals surface area contributed by atoms with Gasteiger partial charge in [-0.3, -0.25) is 13.9 Å². The fourth-order valence-corrected chi connectivity index (χ4v) is 3.37. The Kier molecular flexibility index (Phi) is 4.52. The molecule has 0 unspecified atom stereocenters. The lowest BCUT2D eigenvalue weighted by Crippen LogP contribution is -2.41. The van der Waals surface area contributed by atoms with Crippen molar-refractivity contribution in [3.05, 3.63) is 34.7 Å². The van der Waals surface area contributed by atoms with Crippen LogP contribution in [-0.2, 0) is 17.9 Å². The first-order valence-electron chi connectivity index (χ1n) is 8.25. The summed E-state index contributed by atoms with van der Waals surface area (Å²) in [6, 6.07) is 7.63. The summed E-state index contributed by atoms with van der Waals surface area (Å²) < 4.78 is 3.21. The molecule has 1 amide bonds. The first-order chi connectivity index (χ1) is 11.1. The van der Waals surface area contributed by atoms with Gasteiger partial charge in [0.05, 0.1) is 17.1 Å². The number of amides is 1. The van der Waals surface area contributed by atoms with Crippen molar-refractivity contribution in [1.29, 1.82) is 0 Å².